The zero-order valence-electron chi connectivity index (χ0n) is 27.6. The lowest BCUT2D eigenvalue weighted by Gasteiger charge is -2.15. The van der Waals surface area contributed by atoms with E-state index in [1.165, 1.54) is 59.9 Å². The molecule has 0 aliphatic heterocycles. The average Bonchev–Trinajstić information content (AvgIpc) is 3.61. The third-order valence-electron chi connectivity index (χ3n) is 8.91. The van der Waals surface area contributed by atoms with Gasteiger partial charge in [0, 0.05) is 39.5 Å². The molecule has 7 nitrogen and oxygen atoms in total. The molecule has 6 rings (SSSR count). The van der Waals surface area contributed by atoms with Crippen LogP contribution in [0.1, 0.15) is 81.1 Å². The van der Waals surface area contributed by atoms with Crippen molar-refractivity contribution in [2.75, 3.05) is 10.6 Å². The molecule has 9 heteroatoms. The van der Waals surface area contributed by atoms with Crippen LogP contribution in [0.4, 0.5) is 15.6 Å². The predicted molar refractivity (Wildman–Crippen MR) is 200 cm³/mol. The van der Waals surface area contributed by atoms with Crippen molar-refractivity contribution in [1.82, 2.24) is 14.9 Å². The second-order valence-electron chi connectivity index (χ2n) is 12.2. The van der Waals surface area contributed by atoms with Gasteiger partial charge in [-0.1, -0.05) is 73.2 Å². The van der Waals surface area contributed by atoms with Gasteiger partial charge in [-0.3, -0.25) is 10.1 Å². The third kappa shape index (κ3) is 8.57. The number of anilines is 2. The molecule has 0 fully saturated rings. The van der Waals surface area contributed by atoms with E-state index < -0.39 is 0 Å². The van der Waals surface area contributed by atoms with E-state index in [4.69, 9.17) is 0 Å². The molecular formula is C39H43N5O2S2. The lowest BCUT2D eigenvalue weighted by molar-refractivity contribution is 0.102. The normalized spacial score (nSPS) is 13.3. The maximum absolute atomic E-state index is 13.1. The number of carbonyl (C=O) groups is 2. The van der Waals surface area contributed by atoms with Gasteiger partial charge in [0.15, 0.2) is 5.13 Å². The standard InChI is InChI=1S/C39H43N5O2S2/c1-3-30(4-2)41-38(46)42-31-19-23-33(24-20-31)47-36-25-40-39(48-36)43-37(45)28-17-21-32(22-18-28)44-26-29(34-13-9-10-14-35(34)44)16-15-27-11-7-5-6-8-12-27/h9-11,13-14,17-26,30H,3-8,12,15-16H2,1-2H3,(H,40,43,45)(H2,41,42,46). The molecule has 1 aliphatic carbocycles. The van der Waals surface area contributed by atoms with Crippen LogP contribution in [0.3, 0.4) is 0 Å². The number of amides is 3. The largest absolute Gasteiger partial charge is 0.335 e. The van der Waals surface area contributed by atoms with Gasteiger partial charge in [0.05, 0.1) is 15.9 Å². The lowest BCUT2D eigenvalue weighted by Crippen LogP contribution is -2.37. The summed E-state index contributed by atoms with van der Waals surface area (Å²) in [6.45, 7) is 4.12. The van der Waals surface area contributed by atoms with Crippen LogP contribution in [0.15, 0.2) is 106 Å². The first-order valence-electron chi connectivity index (χ1n) is 17.0. The minimum absolute atomic E-state index is 0.169. The van der Waals surface area contributed by atoms with Crippen LogP contribution < -0.4 is 16.0 Å². The van der Waals surface area contributed by atoms with Crippen LogP contribution in [0.2, 0.25) is 0 Å². The van der Waals surface area contributed by atoms with E-state index in [1.807, 2.05) is 48.5 Å². The minimum Gasteiger partial charge on any atom is -0.335 e. The number of fused-ring (bicyclic) bond motifs is 1. The van der Waals surface area contributed by atoms with Crippen molar-refractivity contribution in [3.63, 3.8) is 0 Å². The molecule has 0 bridgehead atoms. The van der Waals surface area contributed by atoms with E-state index >= 15 is 0 Å². The highest BCUT2D eigenvalue weighted by molar-refractivity contribution is 8.01. The highest BCUT2D eigenvalue weighted by Crippen LogP contribution is 2.35. The first kappa shape index (κ1) is 33.6. The predicted octanol–water partition coefficient (Wildman–Crippen LogP) is 10.6. The topological polar surface area (TPSA) is 88.1 Å². The number of aromatic nitrogens is 2. The van der Waals surface area contributed by atoms with Gasteiger partial charge < -0.3 is 15.2 Å². The van der Waals surface area contributed by atoms with Gasteiger partial charge in [0.2, 0.25) is 0 Å². The van der Waals surface area contributed by atoms with E-state index in [9.17, 15) is 9.59 Å². The molecule has 0 atom stereocenters. The molecule has 248 valence electrons. The Bertz CT molecular complexity index is 1870. The number of rotatable bonds is 12. The maximum atomic E-state index is 13.1. The van der Waals surface area contributed by atoms with Gasteiger partial charge in [-0.05, 0) is 112 Å². The number of para-hydroxylation sites is 1. The number of allylic oxidation sites excluding steroid dienone is 2. The first-order valence-corrected chi connectivity index (χ1v) is 18.6. The fourth-order valence-electron chi connectivity index (χ4n) is 6.14. The van der Waals surface area contributed by atoms with E-state index in [0.717, 1.165) is 46.2 Å². The number of aryl methyl sites for hydroxylation is 1. The summed E-state index contributed by atoms with van der Waals surface area (Å²) in [5, 5.41) is 10.7. The number of hydrogen-bond donors (Lipinski definition) is 3. The Morgan fingerprint density at radius 2 is 1.71 bits per heavy atom. The number of thiazole rings is 1. The molecule has 2 heterocycles. The number of hydrogen-bond acceptors (Lipinski definition) is 5. The Morgan fingerprint density at radius 1 is 0.917 bits per heavy atom. The number of carbonyl (C=O) groups excluding carboxylic acids is 2. The Labute approximate surface area is 291 Å². The van der Waals surface area contributed by atoms with Crippen molar-refractivity contribution in [3.8, 4) is 5.69 Å². The second-order valence-corrected chi connectivity index (χ2v) is 14.6. The molecule has 0 unspecified atom stereocenters. The quantitative estimate of drug-likeness (QED) is 0.115. The van der Waals surface area contributed by atoms with Crippen LogP contribution in [0.25, 0.3) is 16.6 Å². The van der Waals surface area contributed by atoms with Gasteiger partial charge in [0.25, 0.3) is 5.91 Å². The number of benzene rings is 3. The molecular weight excluding hydrogens is 635 g/mol. The number of nitrogens with one attached hydrogen (secondary N) is 3. The molecule has 0 radical (unpaired) electrons. The van der Waals surface area contributed by atoms with Crippen LogP contribution in [0, 0.1) is 0 Å². The Hall–Kier alpha value is -4.34. The SMILES string of the molecule is CCC(CC)NC(=O)Nc1ccc(Sc2cnc(NC(=O)c3ccc(-n4cc(CCC5=CCCCCC5)c5ccccc54)cc3)s2)cc1. The second kappa shape index (κ2) is 16.2. The van der Waals surface area contributed by atoms with Crippen LogP contribution in [-0.2, 0) is 6.42 Å². The van der Waals surface area contributed by atoms with E-state index in [-0.39, 0.29) is 18.0 Å². The summed E-state index contributed by atoms with van der Waals surface area (Å²) in [5.74, 6) is -0.190. The molecule has 1 aliphatic rings. The van der Waals surface area contributed by atoms with Crippen molar-refractivity contribution >= 4 is 56.8 Å². The Kier molecular flexibility index (Phi) is 11.3. The third-order valence-corrected chi connectivity index (χ3v) is 10.9. The summed E-state index contributed by atoms with van der Waals surface area (Å²) < 4.78 is 3.20. The van der Waals surface area contributed by atoms with Crippen molar-refractivity contribution in [1.29, 1.82) is 0 Å². The minimum atomic E-state index is -0.192. The van der Waals surface area contributed by atoms with Crippen molar-refractivity contribution in [2.24, 2.45) is 0 Å². The van der Waals surface area contributed by atoms with E-state index in [2.05, 4.69) is 75.9 Å². The fourth-order valence-corrected chi connectivity index (χ4v) is 7.99. The summed E-state index contributed by atoms with van der Waals surface area (Å²) in [6, 6.07) is 24.0. The fraction of sp³-hybridized carbons (Fsp3) is 0.308. The zero-order chi connectivity index (χ0) is 33.3. The lowest BCUT2D eigenvalue weighted by atomic mass is 10.0. The zero-order valence-corrected chi connectivity index (χ0v) is 29.3. The van der Waals surface area contributed by atoms with Gasteiger partial charge in [-0.25, -0.2) is 9.78 Å². The summed E-state index contributed by atoms with van der Waals surface area (Å²) in [4.78, 5) is 30.8. The summed E-state index contributed by atoms with van der Waals surface area (Å²) in [6.07, 6.45) is 16.9. The molecule has 3 amide bonds. The highest BCUT2D eigenvalue weighted by Gasteiger charge is 2.14. The van der Waals surface area contributed by atoms with Gasteiger partial charge in [0.1, 0.15) is 0 Å². The molecule has 0 saturated carbocycles. The maximum Gasteiger partial charge on any atom is 0.319 e. The van der Waals surface area contributed by atoms with E-state index in [1.54, 1.807) is 23.5 Å². The van der Waals surface area contributed by atoms with Crippen LogP contribution in [-0.4, -0.2) is 27.5 Å². The first-order chi connectivity index (χ1) is 23.5. The molecule has 5 aromatic rings. The number of nitrogens with zero attached hydrogens (tertiary/aromatic N) is 2. The van der Waals surface area contributed by atoms with Crippen molar-refractivity contribution in [3.05, 3.63) is 108 Å². The number of urea groups is 1. The average molecular weight is 678 g/mol. The smallest absolute Gasteiger partial charge is 0.319 e. The molecule has 3 N–H and O–H groups in total. The Morgan fingerprint density at radius 3 is 2.50 bits per heavy atom. The molecule has 3 aromatic carbocycles. The van der Waals surface area contributed by atoms with Crippen LogP contribution in [0.5, 0.6) is 0 Å². The molecule has 0 saturated heterocycles. The Balaban J connectivity index is 1.05. The monoisotopic (exact) mass is 677 g/mol. The van der Waals surface area contributed by atoms with Crippen molar-refractivity contribution in [2.45, 2.75) is 86.8 Å². The molecule has 0 spiro atoms. The molecule has 48 heavy (non-hydrogen) atoms. The van der Waals surface area contributed by atoms with Crippen molar-refractivity contribution < 1.29 is 9.59 Å². The van der Waals surface area contributed by atoms with E-state index in [0.29, 0.717) is 10.7 Å². The van der Waals surface area contributed by atoms with Gasteiger partial charge in [-0.15, -0.1) is 0 Å². The van der Waals surface area contributed by atoms with Gasteiger partial charge >= 0.3 is 6.03 Å². The summed E-state index contributed by atoms with van der Waals surface area (Å²) >= 11 is 2.99. The summed E-state index contributed by atoms with van der Waals surface area (Å²) in [7, 11) is 0. The highest BCUT2D eigenvalue weighted by atomic mass is 32.2. The van der Waals surface area contributed by atoms with Gasteiger partial charge in [-0.2, -0.15) is 0 Å². The summed E-state index contributed by atoms with van der Waals surface area (Å²) in [5.41, 5.74) is 6.50. The van der Waals surface area contributed by atoms with Crippen LogP contribution >= 0.6 is 23.1 Å². The molecule has 2 aromatic heterocycles.